The Bertz CT molecular complexity index is 974. The molecule has 1 atom stereocenters. The van der Waals surface area contributed by atoms with E-state index in [4.69, 9.17) is 18.8 Å². The van der Waals surface area contributed by atoms with Gasteiger partial charge in [-0.1, -0.05) is 48.0 Å². The minimum absolute atomic E-state index is 0.205. The molecular weight excluding hydrogens is 429 g/mol. The van der Waals surface area contributed by atoms with E-state index in [1.165, 1.54) is 0 Å². The Hall–Kier alpha value is -2.77. The second kappa shape index (κ2) is 10.2. The van der Waals surface area contributed by atoms with Crippen molar-refractivity contribution in [2.75, 3.05) is 6.61 Å². The summed E-state index contributed by atoms with van der Waals surface area (Å²) in [7, 11) is -0.422. The first kappa shape index (κ1) is 25.9. The summed E-state index contributed by atoms with van der Waals surface area (Å²) in [6.45, 7) is 16.4. The van der Waals surface area contributed by atoms with Crippen molar-refractivity contribution in [3.05, 3.63) is 72.3 Å². The number of amides is 1. The van der Waals surface area contributed by atoms with Gasteiger partial charge in [0.15, 0.2) is 0 Å². The third-order valence-electron chi connectivity index (χ3n) is 6.27. The number of carbonyl (C=O) groups is 1. The molecule has 1 unspecified atom stereocenters. The van der Waals surface area contributed by atoms with Gasteiger partial charge in [-0.15, -0.1) is 6.58 Å². The van der Waals surface area contributed by atoms with Crippen LogP contribution in [0.4, 0.5) is 4.79 Å². The monoisotopic (exact) mass is 465 g/mol. The fourth-order valence-electron chi connectivity index (χ4n) is 3.75. The van der Waals surface area contributed by atoms with Gasteiger partial charge < -0.3 is 24.1 Å². The summed E-state index contributed by atoms with van der Waals surface area (Å²) in [4.78, 5) is 12.5. The third kappa shape index (κ3) is 6.64. The van der Waals surface area contributed by atoms with E-state index in [1.807, 2.05) is 96.1 Å². The first-order valence-electron chi connectivity index (χ1n) is 11.6. The van der Waals surface area contributed by atoms with E-state index in [0.29, 0.717) is 12.2 Å². The maximum absolute atomic E-state index is 12.5. The molecule has 2 aromatic carbocycles. The first-order valence-corrected chi connectivity index (χ1v) is 11.6. The molecule has 7 heteroatoms. The largest absolute Gasteiger partial charge is 0.494 e. The van der Waals surface area contributed by atoms with Crippen molar-refractivity contribution in [2.24, 2.45) is 0 Å². The Morgan fingerprint density at radius 1 is 1.03 bits per heavy atom. The molecule has 1 fully saturated rings. The van der Waals surface area contributed by atoms with Crippen molar-refractivity contribution in [2.45, 2.75) is 71.3 Å². The molecule has 0 aromatic heterocycles. The van der Waals surface area contributed by atoms with Gasteiger partial charge >= 0.3 is 13.2 Å². The Kier molecular flexibility index (Phi) is 7.79. The van der Waals surface area contributed by atoms with Crippen molar-refractivity contribution in [3.63, 3.8) is 0 Å². The average molecular weight is 465 g/mol. The molecule has 6 nitrogen and oxygen atoms in total. The number of hydrogen-bond donors (Lipinski definition) is 1. The molecule has 0 spiro atoms. The third-order valence-corrected chi connectivity index (χ3v) is 6.27. The maximum Gasteiger partial charge on any atom is 0.494 e. The van der Waals surface area contributed by atoms with Gasteiger partial charge in [0, 0.05) is 0 Å². The fraction of sp³-hybridized carbons (Fsp3) is 0.444. The minimum Gasteiger partial charge on any atom is -0.491 e. The molecule has 1 amide bonds. The summed E-state index contributed by atoms with van der Waals surface area (Å²) in [6.07, 6.45) is 0.0618. The van der Waals surface area contributed by atoms with Crippen LogP contribution in [0.15, 0.2) is 66.7 Å². The van der Waals surface area contributed by atoms with Crippen LogP contribution in [0, 0.1) is 0 Å². The standard InChI is InChI=1S/C27H36BNO5/c1-20(2)17-27(7,29-24(30)31-18-21-11-9-8-10-12-21)19-32-23-15-13-22(14-16-23)28-33-25(3,4)26(5,6)34-28/h8-16H,1,17-19H2,2-7H3,(H,29,30). The lowest BCUT2D eigenvalue weighted by atomic mass is 9.79. The molecule has 182 valence electrons. The molecule has 3 rings (SSSR count). The van der Waals surface area contributed by atoms with E-state index in [2.05, 4.69) is 11.9 Å². The van der Waals surface area contributed by atoms with Crippen LogP contribution in [0.3, 0.4) is 0 Å². The van der Waals surface area contributed by atoms with Gasteiger partial charge in [-0.25, -0.2) is 4.79 Å². The summed E-state index contributed by atoms with van der Waals surface area (Å²) in [5, 5.41) is 2.95. The highest BCUT2D eigenvalue weighted by atomic mass is 16.7. The Morgan fingerprint density at radius 3 is 2.18 bits per heavy atom. The van der Waals surface area contributed by atoms with E-state index >= 15 is 0 Å². The summed E-state index contributed by atoms with van der Waals surface area (Å²) in [6, 6.07) is 17.2. The molecule has 0 aliphatic carbocycles. The fourth-order valence-corrected chi connectivity index (χ4v) is 3.75. The smallest absolute Gasteiger partial charge is 0.491 e. The molecular formula is C27H36BNO5. The van der Waals surface area contributed by atoms with Gasteiger partial charge in [0.1, 0.15) is 19.0 Å². The summed E-state index contributed by atoms with van der Waals surface area (Å²) in [5.41, 5.74) is 1.33. The summed E-state index contributed by atoms with van der Waals surface area (Å²) >= 11 is 0. The highest BCUT2D eigenvalue weighted by molar-refractivity contribution is 6.62. The molecule has 1 heterocycles. The second-order valence-corrected chi connectivity index (χ2v) is 10.3. The average Bonchev–Trinajstić information content (AvgIpc) is 2.98. The molecule has 1 aliphatic heterocycles. The number of benzene rings is 2. The lowest BCUT2D eigenvalue weighted by molar-refractivity contribution is 0.00578. The molecule has 0 saturated carbocycles. The second-order valence-electron chi connectivity index (χ2n) is 10.3. The zero-order valence-electron chi connectivity index (χ0n) is 21.1. The number of nitrogens with one attached hydrogen (secondary N) is 1. The van der Waals surface area contributed by atoms with Crippen LogP contribution in [0.2, 0.25) is 0 Å². The molecule has 1 saturated heterocycles. The zero-order chi connectivity index (χ0) is 25.0. The van der Waals surface area contributed by atoms with Crippen LogP contribution in [-0.2, 0) is 20.7 Å². The summed E-state index contributed by atoms with van der Waals surface area (Å²) < 4.78 is 23.7. The SMILES string of the molecule is C=C(C)CC(C)(COc1ccc(B2OC(C)(C)C(C)(C)O2)cc1)NC(=O)OCc1ccccc1. The van der Waals surface area contributed by atoms with Gasteiger partial charge in [0.05, 0.1) is 16.7 Å². The van der Waals surface area contributed by atoms with Crippen molar-refractivity contribution in [3.8, 4) is 5.75 Å². The molecule has 0 radical (unpaired) electrons. The van der Waals surface area contributed by atoms with Crippen LogP contribution in [0.5, 0.6) is 5.75 Å². The molecule has 34 heavy (non-hydrogen) atoms. The maximum atomic E-state index is 12.5. The van der Waals surface area contributed by atoms with E-state index in [0.717, 1.165) is 16.6 Å². The number of hydrogen-bond acceptors (Lipinski definition) is 5. The highest BCUT2D eigenvalue weighted by Crippen LogP contribution is 2.36. The van der Waals surface area contributed by atoms with Crippen molar-refractivity contribution in [1.29, 1.82) is 0 Å². The van der Waals surface area contributed by atoms with Crippen LogP contribution in [0.25, 0.3) is 0 Å². The predicted molar refractivity (Wildman–Crippen MR) is 135 cm³/mol. The minimum atomic E-state index is -0.677. The topological polar surface area (TPSA) is 66.0 Å². The van der Waals surface area contributed by atoms with Crippen molar-refractivity contribution < 1.29 is 23.6 Å². The number of rotatable bonds is 9. The van der Waals surface area contributed by atoms with E-state index in [9.17, 15) is 4.79 Å². The van der Waals surface area contributed by atoms with Crippen LogP contribution in [-0.4, -0.2) is 36.6 Å². The Morgan fingerprint density at radius 2 is 1.62 bits per heavy atom. The number of ether oxygens (including phenoxy) is 2. The molecule has 1 N–H and O–H groups in total. The van der Waals surface area contributed by atoms with Crippen molar-refractivity contribution >= 4 is 18.7 Å². The first-order chi connectivity index (χ1) is 15.9. The van der Waals surface area contributed by atoms with E-state index < -0.39 is 30.0 Å². The Labute approximate surface area is 203 Å². The van der Waals surface area contributed by atoms with Gasteiger partial charge in [-0.05, 0) is 71.1 Å². The molecule has 0 bridgehead atoms. The Balaban J connectivity index is 1.58. The lowest BCUT2D eigenvalue weighted by Gasteiger charge is -2.32. The molecule has 1 aliphatic rings. The van der Waals surface area contributed by atoms with Gasteiger partial charge in [0.25, 0.3) is 0 Å². The highest BCUT2D eigenvalue weighted by Gasteiger charge is 2.51. The zero-order valence-corrected chi connectivity index (χ0v) is 21.1. The van der Waals surface area contributed by atoms with Gasteiger partial charge in [-0.2, -0.15) is 0 Å². The number of alkyl carbamates (subject to hydrolysis) is 1. The molecule has 2 aromatic rings. The van der Waals surface area contributed by atoms with Gasteiger partial charge in [-0.3, -0.25) is 0 Å². The van der Waals surface area contributed by atoms with E-state index in [1.54, 1.807) is 0 Å². The van der Waals surface area contributed by atoms with Crippen molar-refractivity contribution in [1.82, 2.24) is 5.32 Å². The van der Waals surface area contributed by atoms with E-state index in [-0.39, 0.29) is 13.2 Å². The van der Waals surface area contributed by atoms with Crippen LogP contribution in [0.1, 0.15) is 53.5 Å². The van der Waals surface area contributed by atoms with Crippen LogP contribution >= 0.6 is 0 Å². The predicted octanol–water partition coefficient (Wildman–Crippen LogP) is 5.02. The number of carbonyl (C=O) groups excluding carboxylic acids is 1. The van der Waals surface area contributed by atoms with Crippen LogP contribution < -0.4 is 15.5 Å². The normalized spacial score (nSPS) is 18.1. The van der Waals surface area contributed by atoms with Gasteiger partial charge in [0.2, 0.25) is 0 Å². The summed E-state index contributed by atoms with van der Waals surface area (Å²) in [5.74, 6) is 0.688. The quantitative estimate of drug-likeness (QED) is 0.416. The lowest BCUT2D eigenvalue weighted by Crippen LogP contribution is -2.50.